The molecule has 0 radical (unpaired) electrons. The number of rotatable bonds is 1. The fourth-order valence-electron chi connectivity index (χ4n) is 2.42. The van der Waals surface area contributed by atoms with Crippen LogP contribution in [-0.4, -0.2) is 46.1 Å². The van der Waals surface area contributed by atoms with E-state index in [0.29, 0.717) is 13.1 Å². The molecule has 2 saturated heterocycles. The highest BCUT2D eigenvalue weighted by Gasteiger charge is 2.58. The average Bonchev–Trinajstić information content (AvgIpc) is 2.45. The largest absolute Gasteiger partial charge is 0.469 e. The maximum atomic E-state index is 11.4. The molecule has 0 aromatic carbocycles. The fraction of sp³-hybridized carbons (Fsp3) is 0.875. The lowest BCUT2D eigenvalue weighted by atomic mass is 9.81. The summed E-state index contributed by atoms with van der Waals surface area (Å²) in [5.41, 5.74) is -0.383. The van der Waals surface area contributed by atoms with Gasteiger partial charge in [0.1, 0.15) is 0 Å². The van der Waals surface area contributed by atoms with E-state index >= 15 is 0 Å². The van der Waals surface area contributed by atoms with Gasteiger partial charge in [-0.1, -0.05) is 0 Å². The van der Waals surface area contributed by atoms with Crippen molar-refractivity contribution >= 4 is 28.2 Å². The summed E-state index contributed by atoms with van der Waals surface area (Å²) in [7, 11) is -1.56. The zero-order chi connectivity index (χ0) is 10.4. The predicted molar refractivity (Wildman–Crippen MR) is 56.7 cm³/mol. The van der Waals surface area contributed by atoms with Crippen LogP contribution in [0.1, 0.15) is 0 Å². The van der Waals surface area contributed by atoms with Gasteiger partial charge in [-0.2, -0.15) is 0 Å². The molecule has 5 nitrogen and oxygen atoms in total. The van der Waals surface area contributed by atoms with E-state index in [-0.39, 0.29) is 41.2 Å². The first-order valence-electron chi connectivity index (χ1n) is 4.48. The van der Waals surface area contributed by atoms with E-state index < -0.39 is 9.84 Å². The van der Waals surface area contributed by atoms with Gasteiger partial charge in [0.25, 0.3) is 0 Å². The summed E-state index contributed by atoms with van der Waals surface area (Å²) < 4.78 is 26.9. The summed E-state index contributed by atoms with van der Waals surface area (Å²) in [4.78, 5) is 11.4. The Labute approximate surface area is 94.9 Å². The van der Waals surface area contributed by atoms with Crippen molar-refractivity contribution in [2.45, 2.75) is 0 Å². The van der Waals surface area contributed by atoms with Crippen LogP contribution in [0.3, 0.4) is 0 Å². The molecule has 15 heavy (non-hydrogen) atoms. The topological polar surface area (TPSA) is 72.5 Å². The van der Waals surface area contributed by atoms with Gasteiger partial charge in [-0.3, -0.25) is 4.79 Å². The lowest BCUT2D eigenvalue weighted by Gasteiger charge is -2.40. The standard InChI is InChI=1S/C8H13NO4S.ClH/c1-13-7(10)6-2-9-3-8(6)4-14(11,12)5-8;/h6,9H,2-5H2,1H3;1H. The predicted octanol–water partition coefficient (Wildman–Crippen LogP) is -0.785. The molecule has 0 aromatic rings. The van der Waals surface area contributed by atoms with Gasteiger partial charge < -0.3 is 10.1 Å². The van der Waals surface area contributed by atoms with Crippen LogP contribution in [0.2, 0.25) is 0 Å². The number of carbonyl (C=O) groups is 1. The zero-order valence-electron chi connectivity index (χ0n) is 8.36. The van der Waals surface area contributed by atoms with Crippen LogP contribution >= 0.6 is 12.4 Å². The van der Waals surface area contributed by atoms with Crippen molar-refractivity contribution in [3.63, 3.8) is 0 Å². The van der Waals surface area contributed by atoms with E-state index in [1.54, 1.807) is 0 Å². The molecule has 0 amide bonds. The van der Waals surface area contributed by atoms with Crippen molar-refractivity contribution in [1.29, 1.82) is 0 Å². The second-order valence-electron chi connectivity index (χ2n) is 4.10. The number of sulfone groups is 1. The molecule has 0 bridgehead atoms. The Balaban J connectivity index is 0.00000112. The molecule has 0 aliphatic carbocycles. The minimum absolute atomic E-state index is 0. The number of nitrogens with one attached hydrogen (secondary N) is 1. The van der Waals surface area contributed by atoms with Crippen LogP contribution in [0.4, 0.5) is 0 Å². The molecule has 88 valence electrons. The first-order chi connectivity index (χ1) is 6.49. The van der Waals surface area contributed by atoms with Gasteiger partial charge in [0.15, 0.2) is 9.84 Å². The summed E-state index contributed by atoms with van der Waals surface area (Å²) in [6.45, 7) is 1.13. The van der Waals surface area contributed by atoms with Crippen molar-refractivity contribution < 1.29 is 17.9 Å². The van der Waals surface area contributed by atoms with E-state index in [4.69, 9.17) is 0 Å². The average molecular weight is 256 g/mol. The van der Waals surface area contributed by atoms with Crippen molar-refractivity contribution in [2.24, 2.45) is 11.3 Å². The summed E-state index contributed by atoms with van der Waals surface area (Å²) in [5, 5.41) is 3.05. The maximum Gasteiger partial charge on any atom is 0.310 e. The number of halogens is 1. The van der Waals surface area contributed by atoms with Crippen LogP contribution in [0.15, 0.2) is 0 Å². The van der Waals surface area contributed by atoms with Gasteiger partial charge >= 0.3 is 5.97 Å². The molecular weight excluding hydrogens is 242 g/mol. The van der Waals surface area contributed by atoms with E-state index in [1.165, 1.54) is 7.11 Å². The Bertz CT molecular complexity index is 355. The SMILES string of the molecule is COC(=O)C1CNCC12CS(=O)(=O)C2.Cl. The Morgan fingerprint density at radius 2 is 2.07 bits per heavy atom. The van der Waals surface area contributed by atoms with Crippen molar-refractivity contribution in [2.75, 3.05) is 31.7 Å². The van der Waals surface area contributed by atoms with Crippen molar-refractivity contribution in [3.8, 4) is 0 Å². The smallest absolute Gasteiger partial charge is 0.310 e. The number of esters is 1. The Kier molecular flexibility index (Phi) is 3.33. The molecular formula is C8H14ClNO4S. The molecule has 2 fully saturated rings. The Hall–Kier alpha value is -0.330. The monoisotopic (exact) mass is 255 g/mol. The van der Waals surface area contributed by atoms with E-state index in [2.05, 4.69) is 10.1 Å². The van der Waals surface area contributed by atoms with Crippen LogP contribution in [0, 0.1) is 11.3 Å². The van der Waals surface area contributed by atoms with Gasteiger partial charge in [-0.05, 0) is 0 Å². The summed E-state index contributed by atoms with van der Waals surface area (Å²) in [5.74, 6) is -0.361. The number of methoxy groups -OCH3 is 1. The number of carbonyl (C=O) groups excluding carboxylic acids is 1. The molecule has 0 aromatic heterocycles. The molecule has 2 aliphatic rings. The number of hydrogen-bond acceptors (Lipinski definition) is 5. The highest BCUT2D eigenvalue weighted by Crippen LogP contribution is 2.42. The van der Waals surface area contributed by atoms with E-state index in [9.17, 15) is 13.2 Å². The Morgan fingerprint density at radius 3 is 2.53 bits per heavy atom. The molecule has 2 aliphatic heterocycles. The molecule has 0 saturated carbocycles. The first-order valence-corrected chi connectivity index (χ1v) is 6.30. The molecule has 1 atom stereocenters. The molecule has 1 N–H and O–H groups in total. The highest BCUT2D eigenvalue weighted by atomic mass is 35.5. The first kappa shape index (κ1) is 12.7. The fourth-order valence-corrected chi connectivity index (χ4v) is 4.69. The normalized spacial score (nSPS) is 30.3. The van der Waals surface area contributed by atoms with Crippen LogP contribution in [0.25, 0.3) is 0 Å². The summed E-state index contributed by atoms with van der Waals surface area (Å²) in [6.07, 6.45) is 0. The lowest BCUT2D eigenvalue weighted by Crippen LogP contribution is -2.55. The third-order valence-corrected chi connectivity index (χ3v) is 5.09. The zero-order valence-corrected chi connectivity index (χ0v) is 9.99. The van der Waals surface area contributed by atoms with Crippen molar-refractivity contribution in [3.05, 3.63) is 0 Å². The van der Waals surface area contributed by atoms with Gasteiger partial charge in [0.05, 0.1) is 24.5 Å². The second-order valence-corrected chi connectivity index (χ2v) is 6.17. The highest BCUT2D eigenvalue weighted by molar-refractivity contribution is 7.92. The van der Waals surface area contributed by atoms with E-state index in [0.717, 1.165) is 0 Å². The third-order valence-electron chi connectivity index (χ3n) is 3.07. The number of hydrogen-bond donors (Lipinski definition) is 1. The van der Waals surface area contributed by atoms with Crippen LogP contribution < -0.4 is 5.32 Å². The van der Waals surface area contributed by atoms with Crippen LogP contribution in [0.5, 0.6) is 0 Å². The maximum absolute atomic E-state index is 11.4. The molecule has 2 heterocycles. The molecule has 1 unspecified atom stereocenters. The Morgan fingerprint density at radius 1 is 1.47 bits per heavy atom. The van der Waals surface area contributed by atoms with Crippen molar-refractivity contribution in [1.82, 2.24) is 5.32 Å². The van der Waals surface area contributed by atoms with Gasteiger partial charge in [-0.25, -0.2) is 8.42 Å². The quantitative estimate of drug-likeness (QED) is 0.622. The molecule has 7 heteroatoms. The third kappa shape index (κ3) is 1.98. The minimum atomic E-state index is -2.90. The second kappa shape index (κ2) is 3.92. The van der Waals surface area contributed by atoms with E-state index in [1.807, 2.05) is 0 Å². The number of ether oxygens (including phenoxy) is 1. The summed E-state index contributed by atoms with van der Waals surface area (Å²) in [6, 6.07) is 0. The minimum Gasteiger partial charge on any atom is -0.469 e. The molecule has 1 spiro atoms. The van der Waals surface area contributed by atoms with Gasteiger partial charge in [-0.15, -0.1) is 12.4 Å². The van der Waals surface area contributed by atoms with Gasteiger partial charge in [0, 0.05) is 18.5 Å². The molecule has 2 rings (SSSR count). The van der Waals surface area contributed by atoms with Crippen LogP contribution in [-0.2, 0) is 19.4 Å². The lowest BCUT2D eigenvalue weighted by molar-refractivity contribution is -0.147. The van der Waals surface area contributed by atoms with Gasteiger partial charge in [0.2, 0.25) is 0 Å². The summed E-state index contributed by atoms with van der Waals surface area (Å²) >= 11 is 0.